The number of ether oxygens (including phenoxy) is 1. The molecule has 0 amide bonds. The van der Waals surface area contributed by atoms with E-state index in [1.165, 1.54) is 18.4 Å². The summed E-state index contributed by atoms with van der Waals surface area (Å²) in [6.45, 7) is 4.24. The summed E-state index contributed by atoms with van der Waals surface area (Å²) in [7, 11) is 3.80. The summed E-state index contributed by atoms with van der Waals surface area (Å²) in [5.41, 5.74) is 7.78. The molecule has 0 fully saturated rings. The summed E-state index contributed by atoms with van der Waals surface area (Å²) in [6.07, 6.45) is 2.46. The summed E-state index contributed by atoms with van der Waals surface area (Å²) >= 11 is 0. The van der Waals surface area contributed by atoms with Crippen LogP contribution in [0, 0.1) is 0 Å². The standard InChI is InChI=1S/C13H22N2O/c1-4-5-6-15(2)10-11-7-12(14)9-13(8-11)16-3/h7-9H,4-6,10,14H2,1-3H3. The summed E-state index contributed by atoms with van der Waals surface area (Å²) in [4.78, 5) is 2.30. The third-order valence-corrected chi connectivity index (χ3v) is 2.57. The largest absolute Gasteiger partial charge is 0.497 e. The van der Waals surface area contributed by atoms with Gasteiger partial charge >= 0.3 is 0 Å². The number of nitrogens with zero attached hydrogens (tertiary/aromatic N) is 1. The lowest BCUT2D eigenvalue weighted by molar-refractivity contribution is 0.320. The van der Waals surface area contributed by atoms with Gasteiger partial charge in [0.25, 0.3) is 0 Å². The summed E-state index contributed by atoms with van der Waals surface area (Å²) in [5, 5.41) is 0. The van der Waals surface area contributed by atoms with Gasteiger partial charge in [-0.15, -0.1) is 0 Å². The number of benzene rings is 1. The van der Waals surface area contributed by atoms with Crippen molar-refractivity contribution in [2.75, 3.05) is 26.4 Å². The third kappa shape index (κ3) is 4.11. The number of rotatable bonds is 6. The SMILES string of the molecule is CCCCN(C)Cc1cc(N)cc(OC)c1. The first kappa shape index (κ1) is 12.8. The van der Waals surface area contributed by atoms with Crippen molar-refractivity contribution in [1.82, 2.24) is 4.90 Å². The number of hydrogen-bond acceptors (Lipinski definition) is 3. The molecule has 0 bridgehead atoms. The van der Waals surface area contributed by atoms with Crippen molar-refractivity contribution >= 4 is 5.69 Å². The second kappa shape index (κ2) is 6.38. The fourth-order valence-corrected chi connectivity index (χ4v) is 1.71. The first-order valence-electron chi connectivity index (χ1n) is 5.77. The van der Waals surface area contributed by atoms with Crippen LogP contribution in [0.5, 0.6) is 5.75 Å². The maximum atomic E-state index is 5.81. The fourth-order valence-electron chi connectivity index (χ4n) is 1.71. The van der Waals surface area contributed by atoms with Crippen molar-refractivity contribution in [2.24, 2.45) is 0 Å². The van der Waals surface area contributed by atoms with Crippen LogP contribution in [0.25, 0.3) is 0 Å². The number of nitrogens with two attached hydrogens (primary N) is 1. The zero-order valence-electron chi connectivity index (χ0n) is 10.5. The van der Waals surface area contributed by atoms with Crippen LogP contribution in [-0.4, -0.2) is 25.6 Å². The average Bonchev–Trinajstić information content (AvgIpc) is 2.25. The Balaban J connectivity index is 2.61. The molecular formula is C13H22N2O. The molecule has 1 aromatic carbocycles. The van der Waals surface area contributed by atoms with Crippen LogP contribution in [-0.2, 0) is 6.54 Å². The molecule has 0 aliphatic rings. The first-order valence-corrected chi connectivity index (χ1v) is 5.77. The first-order chi connectivity index (χ1) is 7.65. The van der Waals surface area contributed by atoms with E-state index < -0.39 is 0 Å². The molecule has 3 heteroatoms. The molecule has 2 N–H and O–H groups in total. The minimum atomic E-state index is 0.762. The highest BCUT2D eigenvalue weighted by molar-refractivity contribution is 5.47. The number of unbranched alkanes of at least 4 members (excludes halogenated alkanes) is 1. The Morgan fingerprint density at radius 2 is 2.06 bits per heavy atom. The lowest BCUT2D eigenvalue weighted by Crippen LogP contribution is -2.19. The van der Waals surface area contributed by atoms with Crippen molar-refractivity contribution in [3.63, 3.8) is 0 Å². The Hall–Kier alpha value is -1.22. The third-order valence-electron chi connectivity index (χ3n) is 2.57. The number of nitrogen functional groups attached to an aromatic ring is 1. The van der Waals surface area contributed by atoms with Gasteiger partial charge in [0.05, 0.1) is 7.11 Å². The molecule has 0 saturated heterocycles. The van der Waals surface area contributed by atoms with Crippen molar-refractivity contribution in [3.05, 3.63) is 23.8 Å². The van der Waals surface area contributed by atoms with Crippen LogP contribution in [0.3, 0.4) is 0 Å². The molecule has 90 valence electrons. The molecule has 1 aromatic rings. The van der Waals surface area contributed by atoms with Gasteiger partial charge in [-0.25, -0.2) is 0 Å². The van der Waals surface area contributed by atoms with Gasteiger partial charge in [-0.3, -0.25) is 0 Å². The van der Waals surface area contributed by atoms with E-state index in [4.69, 9.17) is 10.5 Å². The molecule has 3 nitrogen and oxygen atoms in total. The Morgan fingerprint density at radius 3 is 2.69 bits per heavy atom. The lowest BCUT2D eigenvalue weighted by Gasteiger charge is -2.17. The van der Waals surface area contributed by atoms with Crippen molar-refractivity contribution < 1.29 is 4.74 Å². The highest BCUT2D eigenvalue weighted by Crippen LogP contribution is 2.19. The number of hydrogen-bond donors (Lipinski definition) is 1. The molecule has 0 radical (unpaired) electrons. The van der Waals surface area contributed by atoms with E-state index in [1.54, 1.807) is 7.11 Å². The fraction of sp³-hybridized carbons (Fsp3) is 0.538. The van der Waals surface area contributed by atoms with E-state index in [0.29, 0.717) is 0 Å². The number of methoxy groups -OCH3 is 1. The quantitative estimate of drug-likeness (QED) is 0.752. The van der Waals surface area contributed by atoms with Crippen LogP contribution >= 0.6 is 0 Å². The molecule has 0 aliphatic carbocycles. The van der Waals surface area contributed by atoms with E-state index in [2.05, 4.69) is 18.9 Å². The molecule has 0 saturated carbocycles. The minimum absolute atomic E-state index is 0.762. The summed E-state index contributed by atoms with van der Waals surface area (Å²) in [5.74, 6) is 0.832. The van der Waals surface area contributed by atoms with Gasteiger partial charge in [0.2, 0.25) is 0 Å². The van der Waals surface area contributed by atoms with Gasteiger partial charge in [-0.05, 0) is 37.7 Å². The summed E-state index contributed by atoms with van der Waals surface area (Å²) < 4.78 is 5.20. The Bertz CT molecular complexity index is 326. The van der Waals surface area contributed by atoms with E-state index in [9.17, 15) is 0 Å². The van der Waals surface area contributed by atoms with E-state index in [-0.39, 0.29) is 0 Å². The molecule has 16 heavy (non-hydrogen) atoms. The predicted octanol–water partition coefficient (Wildman–Crippen LogP) is 2.51. The average molecular weight is 222 g/mol. The van der Waals surface area contributed by atoms with Gasteiger partial charge in [0, 0.05) is 18.3 Å². The maximum absolute atomic E-state index is 5.81. The smallest absolute Gasteiger partial charge is 0.121 e. The molecule has 0 unspecified atom stereocenters. The van der Waals surface area contributed by atoms with Gasteiger partial charge < -0.3 is 15.4 Å². The molecule has 0 heterocycles. The molecule has 0 atom stereocenters. The van der Waals surface area contributed by atoms with Crippen molar-refractivity contribution in [2.45, 2.75) is 26.3 Å². The van der Waals surface area contributed by atoms with Crippen LogP contribution in [0.2, 0.25) is 0 Å². The molecule has 0 aliphatic heterocycles. The van der Waals surface area contributed by atoms with Gasteiger partial charge in [0.1, 0.15) is 5.75 Å². The molecule has 1 rings (SSSR count). The highest BCUT2D eigenvalue weighted by atomic mass is 16.5. The highest BCUT2D eigenvalue weighted by Gasteiger charge is 2.03. The van der Waals surface area contributed by atoms with Crippen molar-refractivity contribution in [3.8, 4) is 5.75 Å². The second-order valence-electron chi connectivity index (χ2n) is 4.21. The van der Waals surface area contributed by atoms with E-state index in [1.807, 2.05) is 18.2 Å². The monoisotopic (exact) mass is 222 g/mol. The van der Waals surface area contributed by atoms with Gasteiger partial charge in [-0.1, -0.05) is 13.3 Å². The van der Waals surface area contributed by atoms with Crippen LogP contribution in [0.15, 0.2) is 18.2 Å². The minimum Gasteiger partial charge on any atom is -0.497 e. The topological polar surface area (TPSA) is 38.5 Å². The van der Waals surface area contributed by atoms with Crippen LogP contribution in [0.1, 0.15) is 25.3 Å². The maximum Gasteiger partial charge on any atom is 0.121 e. The van der Waals surface area contributed by atoms with E-state index in [0.717, 1.165) is 24.5 Å². The van der Waals surface area contributed by atoms with Crippen LogP contribution < -0.4 is 10.5 Å². The molecule has 0 spiro atoms. The van der Waals surface area contributed by atoms with Crippen molar-refractivity contribution in [1.29, 1.82) is 0 Å². The molecular weight excluding hydrogens is 200 g/mol. The molecule has 0 aromatic heterocycles. The van der Waals surface area contributed by atoms with Crippen LogP contribution in [0.4, 0.5) is 5.69 Å². The van der Waals surface area contributed by atoms with E-state index >= 15 is 0 Å². The zero-order chi connectivity index (χ0) is 12.0. The Labute approximate surface area is 98.2 Å². The summed E-state index contributed by atoms with van der Waals surface area (Å²) in [6, 6.07) is 5.89. The van der Waals surface area contributed by atoms with Gasteiger partial charge in [-0.2, -0.15) is 0 Å². The number of anilines is 1. The lowest BCUT2D eigenvalue weighted by atomic mass is 10.1. The zero-order valence-corrected chi connectivity index (χ0v) is 10.5. The Kier molecular flexibility index (Phi) is 5.12. The predicted molar refractivity (Wildman–Crippen MR) is 68.6 cm³/mol. The second-order valence-corrected chi connectivity index (χ2v) is 4.21. The Morgan fingerprint density at radius 1 is 1.31 bits per heavy atom. The normalized spacial score (nSPS) is 10.8. The van der Waals surface area contributed by atoms with Gasteiger partial charge in [0.15, 0.2) is 0 Å².